The number of carbonyl (C=O) groups excluding carboxylic acids is 2. The molecule has 0 amide bonds. The Bertz CT molecular complexity index is 892. The van der Waals surface area contributed by atoms with Crippen LogP contribution in [0.15, 0.2) is 77.4 Å². The first-order valence-electron chi connectivity index (χ1n) is 7.45. The molecular formula is C20H13FO4. The number of ether oxygens (including phenoxy) is 1. The van der Waals surface area contributed by atoms with Crippen molar-refractivity contribution in [2.45, 2.75) is 0 Å². The highest BCUT2D eigenvalue weighted by Crippen LogP contribution is 2.16. The summed E-state index contributed by atoms with van der Waals surface area (Å²) in [6.45, 7) is 0. The van der Waals surface area contributed by atoms with Gasteiger partial charge in [-0.3, -0.25) is 4.79 Å². The molecule has 0 saturated heterocycles. The lowest BCUT2D eigenvalue weighted by atomic mass is 10.0. The van der Waals surface area contributed by atoms with Crippen LogP contribution in [0.2, 0.25) is 0 Å². The van der Waals surface area contributed by atoms with Crippen molar-refractivity contribution >= 4 is 17.8 Å². The third-order valence-electron chi connectivity index (χ3n) is 3.37. The van der Waals surface area contributed by atoms with Crippen molar-refractivity contribution in [3.05, 3.63) is 95.7 Å². The Morgan fingerprint density at radius 3 is 2.16 bits per heavy atom. The van der Waals surface area contributed by atoms with Crippen molar-refractivity contribution in [2.24, 2.45) is 0 Å². The maximum absolute atomic E-state index is 12.9. The number of carbonyl (C=O) groups is 2. The third-order valence-corrected chi connectivity index (χ3v) is 3.37. The number of furan rings is 1. The molecule has 0 atom stereocenters. The Labute approximate surface area is 143 Å². The molecule has 5 heteroatoms. The van der Waals surface area contributed by atoms with Crippen LogP contribution < -0.4 is 4.74 Å². The summed E-state index contributed by atoms with van der Waals surface area (Å²) in [5.41, 5.74) is 0.796. The Kier molecular flexibility index (Phi) is 4.85. The molecule has 0 N–H and O–H groups in total. The van der Waals surface area contributed by atoms with E-state index in [2.05, 4.69) is 0 Å². The number of hydrogen-bond donors (Lipinski definition) is 0. The zero-order valence-electron chi connectivity index (χ0n) is 13.0. The zero-order chi connectivity index (χ0) is 17.6. The fourth-order valence-corrected chi connectivity index (χ4v) is 2.13. The SMILES string of the molecule is O=C(/C=C/c1ccco1)Oc1ccc(C(=O)c2ccc(F)cc2)cc1. The molecule has 0 aliphatic rings. The highest BCUT2D eigenvalue weighted by molar-refractivity contribution is 6.09. The summed E-state index contributed by atoms with van der Waals surface area (Å²) in [6.07, 6.45) is 4.24. The molecule has 0 unspecified atom stereocenters. The van der Waals surface area contributed by atoms with E-state index in [1.165, 1.54) is 54.8 Å². The molecule has 0 bridgehead atoms. The standard InChI is InChI=1S/C20H13FO4/c21-16-7-3-14(4-8-16)20(23)15-5-9-18(10-6-15)25-19(22)12-11-17-2-1-13-24-17/h1-13H/b12-11+. The molecule has 0 aliphatic heterocycles. The highest BCUT2D eigenvalue weighted by atomic mass is 19.1. The van der Waals surface area contributed by atoms with Crippen molar-refractivity contribution in [1.82, 2.24) is 0 Å². The first kappa shape index (κ1) is 16.4. The van der Waals surface area contributed by atoms with Crippen LogP contribution in [0.3, 0.4) is 0 Å². The number of esters is 1. The van der Waals surface area contributed by atoms with Gasteiger partial charge in [0.2, 0.25) is 0 Å². The van der Waals surface area contributed by atoms with Crippen LogP contribution >= 0.6 is 0 Å². The Morgan fingerprint density at radius 1 is 0.920 bits per heavy atom. The summed E-state index contributed by atoms with van der Waals surface area (Å²) < 4.78 is 23.1. The summed E-state index contributed by atoms with van der Waals surface area (Å²) in [6, 6.07) is 14.9. The summed E-state index contributed by atoms with van der Waals surface area (Å²) >= 11 is 0. The fourth-order valence-electron chi connectivity index (χ4n) is 2.13. The highest BCUT2D eigenvalue weighted by Gasteiger charge is 2.10. The van der Waals surface area contributed by atoms with Gasteiger partial charge in [0.25, 0.3) is 0 Å². The van der Waals surface area contributed by atoms with Crippen molar-refractivity contribution in [3.8, 4) is 5.75 Å². The summed E-state index contributed by atoms with van der Waals surface area (Å²) in [7, 11) is 0. The Hall–Kier alpha value is -3.47. The molecular weight excluding hydrogens is 323 g/mol. The van der Waals surface area contributed by atoms with Gasteiger partial charge in [0.1, 0.15) is 17.3 Å². The largest absolute Gasteiger partial charge is 0.465 e. The van der Waals surface area contributed by atoms with Crippen molar-refractivity contribution in [2.75, 3.05) is 0 Å². The van der Waals surface area contributed by atoms with Gasteiger partial charge in [-0.25, -0.2) is 9.18 Å². The van der Waals surface area contributed by atoms with E-state index in [1.807, 2.05) is 0 Å². The van der Waals surface area contributed by atoms with Gasteiger partial charge < -0.3 is 9.15 Å². The minimum atomic E-state index is -0.561. The summed E-state index contributed by atoms with van der Waals surface area (Å²) in [5, 5.41) is 0. The second-order valence-corrected chi connectivity index (χ2v) is 5.13. The van der Waals surface area contributed by atoms with Crippen LogP contribution in [0.4, 0.5) is 4.39 Å². The van der Waals surface area contributed by atoms with Crippen LogP contribution in [0.25, 0.3) is 6.08 Å². The van der Waals surface area contributed by atoms with Crippen molar-refractivity contribution in [1.29, 1.82) is 0 Å². The lowest BCUT2D eigenvalue weighted by Gasteiger charge is -2.04. The van der Waals surface area contributed by atoms with Gasteiger partial charge in [-0.05, 0) is 66.7 Å². The second-order valence-electron chi connectivity index (χ2n) is 5.13. The number of hydrogen-bond acceptors (Lipinski definition) is 4. The minimum absolute atomic E-state index is 0.240. The number of rotatable bonds is 5. The maximum atomic E-state index is 12.9. The molecule has 2 aromatic carbocycles. The molecule has 0 spiro atoms. The van der Waals surface area contributed by atoms with Crippen LogP contribution in [0, 0.1) is 5.82 Å². The average Bonchev–Trinajstić information content (AvgIpc) is 3.14. The second kappa shape index (κ2) is 7.40. The lowest BCUT2D eigenvalue weighted by molar-refractivity contribution is -0.128. The Balaban J connectivity index is 1.64. The smallest absolute Gasteiger partial charge is 0.336 e. The normalized spacial score (nSPS) is 10.8. The zero-order valence-corrected chi connectivity index (χ0v) is 13.0. The number of benzene rings is 2. The molecule has 0 radical (unpaired) electrons. The van der Waals surface area contributed by atoms with Gasteiger partial charge in [-0.1, -0.05) is 0 Å². The minimum Gasteiger partial charge on any atom is -0.465 e. The van der Waals surface area contributed by atoms with Crippen LogP contribution in [-0.2, 0) is 4.79 Å². The monoisotopic (exact) mass is 336 g/mol. The lowest BCUT2D eigenvalue weighted by Crippen LogP contribution is -2.05. The van der Waals surface area contributed by atoms with E-state index >= 15 is 0 Å². The molecule has 25 heavy (non-hydrogen) atoms. The topological polar surface area (TPSA) is 56.5 Å². The van der Waals surface area contributed by atoms with E-state index in [0.717, 1.165) is 0 Å². The van der Waals surface area contributed by atoms with Crippen LogP contribution in [-0.4, -0.2) is 11.8 Å². The maximum Gasteiger partial charge on any atom is 0.336 e. The fraction of sp³-hybridized carbons (Fsp3) is 0. The average molecular weight is 336 g/mol. The van der Waals surface area contributed by atoms with E-state index < -0.39 is 11.8 Å². The van der Waals surface area contributed by atoms with Crippen molar-refractivity contribution in [3.63, 3.8) is 0 Å². The number of halogens is 1. The van der Waals surface area contributed by atoms with Gasteiger partial charge in [0.15, 0.2) is 5.78 Å². The third kappa shape index (κ3) is 4.29. The van der Waals surface area contributed by atoms with Gasteiger partial charge >= 0.3 is 5.97 Å². The molecule has 0 fully saturated rings. The van der Waals surface area contributed by atoms with E-state index in [-0.39, 0.29) is 5.78 Å². The summed E-state index contributed by atoms with van der Waals surface area (Å²) in [4.78, 5) is 24.0. The van der Waals surface area contributed by atoms with Gasteiger partial charge in [0, 0.05) is 17.2 Å². The van der Waals surface area contributed by atoms with E-state index in [0.29, 0.717) is 22.6 Å². The predicted molar refractivity (Wildman–Crippen MR) is 89.7 cm³/mol. The number of ketones is 1. The molecule has 1 heterocycles. The van der Waals surface area contributed by atoms with Crippen LogP contribution in [0.1, 0.15) is 21.7 Å². The molecule has 1 aromatic heterocycles. The molecule has 4 nitrogen and oxygen atoms in total. The van der Waals surface area contributed by atoms with Gasteiger partial charge in [-0.2, -0.15) is 0 Å². The van der Waals surface area contributed by atoms with Crippen LogP contribution in [0.5, 0.6) is 5.75 Å². The predicted octanol–water partition coefficient (Wildman–Crippen LogP) is 4.27. The quantitative estimate of drug-likeness (QED) is 0.302. The van der Waals surface area contributed by atoms with Gasteiger partial charge in [-0.15, -0.1) is 0 Å². The Morgan fingerprint density at radius 2 is 1.56 bits per heavy atom. The molecule has 0 saturated carbocycles. The van der Waals surface area contributed by atoms with E-state index in [4.69, 9.17) is 9.15 Å². The first-order chi connectivity index (χ1) is 12.1. The van der Waals surface area contributed by atoms with E-state index in [9.17, 15) is 14.0 Å². The molecule has 0 aliphatic carbocycles. The van der Waals surface area contributed by atoms with Crippen molar-refractivity contribution < 1.29 is 23.1 Å². The summed E-state index contributed by atoms with van der Waals surface area (Å²) in [5.74, 6) is -0.354. The molecule has 3 aromatic rings. The first-order valence-corrected chi connectivity index (χ1v) is 7.45. The molecule has 3 rings (SSSR count). The van der Waals surface area contributed by atoms with E-state index in [1.54, 1.807) is 24.3 Å². The molecule has 124 valence electrons. The van der Waals surface area contributed by atoms with Gasteiger partial charge in [0.05, 0.1) is 6.26 Å².